The van der Waals surface area contributed by atoms with E-state index in [1.165, 1.54) is 0 Å². The largest absolute Gasteiger partial charge is 0.449 e. The maximum absolute atomic E-state index is 12.8. The van der Waals surface area contributed by atoms with Crippen molar-refractivity contribution in [2.24, 2.45) is 5.92 Å². The Hall–Kier alpha value is -4.20. The zero-order valence-electron chi connectivity index (χ0n) is 18.8. The Balaban J connectivity index is 1.26. The van der Waals surface area contributed by atoms with E-state index in [-0.39, 0.29) is 18.4 Å². The Bertz CT molecular complexity index is 1320. The van der Waals surface area contributed by atoms with Crippen molar-refractivity contribution < 1.29 is 19.2 Å². The van der Waals surface area contributed by atoms with Crippen LogP contribution in [-0.2, 0) is 9.53 Å². The molecule has 4 aromatic rings. The SMILES string of the molecule is CC(C)[C@H](NC(=O)OCC1c2ccccc2-c2ccccc21)C(=O)On1nnc2ccccc21. The number of rotatable bonds is 6. The Morgan fingerprint density at radius 2 is 1.56 bits per heavy atom. The normalized spacial score (nSPS) is 13.4. The third-order valence-electron chi connectivity index (χ3n) is 6.04. The van der Waals surface area contributed by atoms with Crippen LogP contribution in [0, 0.1) is 5.92 Å². The van der Waals surface area contributed by atoms with Crippen LogP contribution in [0.4, 0.5) is 4.79 Å². The fourth-order valence-corrected chi connectivity index (χ4v) is 4.32. The van der Waals surface area contributed by atoms with Gasteiger partial charge >= 0.3 is 12.1 Å². The molecule has 172 valence electrons. The van der Waals surface area contributed by atoms with Crippen LogP contribution in [0.3, 0.4) is 0 Å². The number of carbonyl (C=O) groups is 2. The molecule has 0 saturated carbocycles. The molecule has 0 fully saturated rings. The molecule has 1 heterocycles. The molecule has 0 bridgehead atoms. The molecule has 1 amide bonds. The van der Waals surface area contributed by atoms with Crippen LogP contribution in [0.25, 0.3) is 22.2 Å². The quantitative estimate of drug-likeness (QED) is 0.442. The number of amides is 1. The van der Waals surface area contributed by atoms with E-state index in [0.717, 1.165) is 27.1 Å². The van der Waals surface area contributed by atoms with E-state index in [9.17, 15) is 9.59 Å². The molecule has 3 aromatic carbocycles. The van der Waals surface area contributed by atoms with Crippen molar-refractivity contribution >= 4 is 23.1 Å². The van der Waals surface area contributed by atoms with Crippen molar-refractivity contribution in [2.45, 2.75) is 25.8 Å². The Kier molecular flexibility index (Phi) is 5.71. The fraction of sp³-hybridized carbons (Fsp3) is 0.231. The van der Waals surface area contributed by atoms with Gasteiger partial charge in [-0.25, -0.2) is 9.59 Å². The van der Waals surface area contributed by atoms with E-state index in [1.54, 1.807) is 18.2 Å². The first-order valence-corrected chi connectivity index (χ1v) is 11.2. The lowest BCUT2D eigenvalue weighted by Crippen LogP contribution is -2.48. The Labute approximate surface area is 196 Å². The minimum atomic E-state index is -0.918. The van der Waals surface area contributed by atoms with Gasteiger partial charge in [0.2, 0.25) is 0 Å². The van der Waals surface area contributed by atoms with Crippen molar-refractivity contribution in [1.29, 1.82) is 0 Å². The first kappa shape index (κ1) is 21.6. The van der Waals surface area contributed by atoms with Crippen LogP contribution in [0.2, 0.25) is 0 Å². The van der Waals surface area contributed by atoms with Crippen LogP contribution in [0.15, 0.2) is 72.8 Å². The van der Waals surface area contributed by atoms with Crippen LogP contribution < -0.4 is 10.2 Å². The number of hydrogen-bond donors (Lipinski definition) is 1. The van der Waals surface area contributed by atoms with Crippen molar-refractivity contribution in [2.75, 3.05) is 6.61 Å². The van der Waals surface area contributed by atoms with E-state index in [2.05, 4.69) is 39.9 Å². The summed E-state index contributed by atoms with van der Waals surface area (Å²) in [5.74, 6) is -0.953. The molecule has 1 aliphatic carbocycles. The first-order chi connectivity index (χ1) is 16.5. The summed E-state index contributed by atoms with van der Waals surface area (Å²) in [6.07, 6.45) is -0.680. The summed E-state index contributed by atoms with van der Waals surface area (Å²) in [6, 6.07) is 22.4. The number of fused-ring (bicyclic) bond motifs is 4. The van der Waals surface area contributed by atoms with Crippen molar-refractivity contribution in [3.63, 3.8) is 0 Å². The number of nitrogens with one attached hydrogen (secondary N) is 1. The lowest BCUT2D eigenvalue weighted by molar-refractivity contribution is -0.149. The highest BCUT2D eigenvalue weighted by molar-refractivity contribution is 5.83. The summed E-state index contributed by atoms with van der Waals surface area (Å²) in [5.41, 5.74) is 5.69. The molecule has 0 aliphatic heterocycles. The van der Waals surface area contributed by atoms with Gasteiger partial charge in [0.15, 0.2) is 0 Å². The molecule has 0 unspecified atom stereocenters. The van der Waals surface area contributed by atoms with Gasteiger partial charge in [-0.05, 0) is 45.5 Å². The average molecular weight is 457 g/mol. The standard InChI is InChI=1S/C26H24N4O4/c1-16(2)24(25(31)34-30-23-14-8-7-13-22(23)28-29-30)27-26(32)33-15-21-19-11-5-3-9-17(19)18-10-4-6-12-20(18)21/h3-14,16,21,24H,15H2,1-2H3,(H,27,32)/t24-/m0/s1. The van der Waals surface area contributed by atoms with E-state index < -0.39 is 18.1 Å². The van der Waals surface area contributed by atoms with E-state index in [0.29, 0.717) is 11.0 Å². The topological polar surface area (TPSA) is 95.3 Å². The number of nitrogens with zero attached hydrogens (tertiary/aromatic N) is 3. The Morgan fingerprint density at radius 3 is 2.24 bits per heavy atom. The molecule has 8 heteroatoms. The number of aromatic nitrogens is 3. The minimum Gasteiger partial charge on any atom is -0.449 e. The van der Waals surface area contributed by atoms with E-state index in [1.807, 2.05) is 44.2 Å². The van der Waals surface area contributed by atoms with Crippen LogP contribution in [-0.4, -0.2) is 39.9 Å². The van der Waals surface area contributed by atoms with Crippen LogP contribution in [0.1, 0.15) is 30.9 Å². The second-order valence-corrected chi connectivity index (χ2v) is 8.55. The second-order valence-electron chi connectivity index (χ2n) is 8.55. The number of carbonyl (C=O) groups excluding carboxylic acids is 2. The molecule has 0 radical (unpaired) electrons. The summed E-state index contributed by atoms with van der Waals surface area (Å²) in [5, 5.41) is 10.5. The molecule has 1 aliphatic rings. The molecule has 1 atom stereocenters. The van der Waals surface area contributed by atoms with E-state index in [4.69, 9.17) is 9.57 Å². The molecule has 0 spiro atoms. The number of ether oxygens (including phenoxy) is 1. The van der Waals surface area contributed by atoms with Gasteiger partial charge in [0, 0.05) is 5.92 Å². The predicted octanol–water partition coefficient (Wildman–Crippen LogP) is 3.95. The average Bonchev–Trinajstić information content (AvgIpc) is 3.40. The Morgan fingerprint density at radius 1 is 0.941 bits per heavy atom. The van der Waals surface area contributed by atoms with Gasteiger partial charge in [-0.1, -0.05) is 79.4 Å². The van der Waals surface area contributed by atoms with Gasteiger partial charge in [-0.2, -0.15) is 0 Å². The van der Waals surface area contributed by atoms with Crippen molar-refractivity contribution in [3.8, 4) is 11.1 Å². The zero-order chi connectivity index (χ0) is 23.7. The third-order valence-corrected chi connectivity index (χ3v) is 6.04. The number of alkyl carbamates (subject to hydrolysis) is 1. The predicted molar refractivity (Wildman–Crippen MR) is 126 cm³/mol. The summed E-state index contributed by atoms with van der Waals surface area (Å²) in [6.45, 7) is 3.79. The number of benzene rings is 3. The summed E-state index contributed by atoms with van der Waals surface area (Å²) in [7, 11) is 0. The highest BCUT2D eigenvalue weighted by atomic mass is 16.7. The van der Waals surface area contributed by atoms with Gasteiger partial charge in [0.05, 0.1) is 0 Å². The molecular weight excluding hydrogens is 432 g/mol. The molecule has 34 heavy (non-hydrogen) atoms. The third kappa shape index (κ3) is 3.98. The fourth-order valence-electron chi connectivity index (χ4n) is 4.32. The van der Waals surface area contributed by atoms with Gasteiger partial charge in [-0.3, -0.25) is 0 Å². The summed E-state index contributed by atoms with van der Waals surface area (Å²) < 4.78 is 5.58. The van der Waals surface area contributed by atoms with E-state index >= 15 is 0 Å². The van der Waals surface area contributed by atoms with Gasteiger partial charge in [-0.15, -0.1) is 5.10 Å². The maximum atomic E-state index is 12.8. The number of hydrogen-bond acceptors (Lipinski definition) is 6. The molecule has 1 N–H and O–H groups in total. The van der Waals surface area contributed by atoms with Gasteiger partial charge in [0.25, 0.3) is 0 Å². The highest BCUT2D eigenvalue weighted by Crippen LogP contribution is 2.44. The summed E-state index contributed by atoms with van der Waals surface area (Å²) >= 11 is 0. The number of para-hydroxylation sites is 1. The molecule has 0 saturated heterocycles. The minimum absolute atomic E-state index is 0.0656. The zero-order valence-corrected chi connectivity index (χ0v) is 18.8. The lowest BCUT2D eigenvalue weighted by Gasteiger charge is -2.21. The maximum Gasteiger partial charge on any atom is 0.407 e. The van der Waals surface area contributed by atoms with Crippen molar-refractivity contribution in [1.82, 2.24) is 20.5 Å². The second kappa shape index (κ2) is 8.97. The van der Waals surface area contributed by atoms with Crippen LogP contribution in [0.5, 0.6) is 0 Å². The van der Waals surface area contributed by atoms with Gasteiger partial charge in [0.1, 0.15) is 23.7 Å². The van der Waals surface area contributed by atoms with Gasteiger partial charge < -0.3 is 14.9 Å². The highest BCUT2D eigenvalue weighted by Gasteiger charge is 2.31. The van der Waals surface area contributed by atoms with Crippen molar-refractivity contribution in [3.05, 3.63) is 83.9 Å². The molecule has 5 rings (SSSR count). The first-order valence-electron chi connectivity index (χ1n) is 11.2. The molecule has 1 aromatic heterocycles. The monoisotopic (exact) mass is 456 g/mol. The summed E-state index contributed by atoms with van der Waals surface area (Å²) in [4.78, 5) is 32.0. The van der Waals surface area contributed by atoms with Crippen LogP contribution >= 0.6 is 0 Å². The lowest BCUT2D eigenvalue weighted by atomic mass is 9.98. The smallest absolute Gasteiger partial charge is 0.407 e. The molecular formula is C26H24N4O4. The molecule has 8 nitrogen and oxygen atoms in total.